The Morgan fingerprint density at radius 3 is 2.38 bits per heavy atom. The van der Waals surface area contributed by atoms with Crippen LogP contribution in [0.1, 0.15) is 55.3 Å². The van der Waals surface area contributed by atoms with E-state index in [1.165, 1.54) is 12.0 Å². The molecular formula is C32H40BrN3O3. The summed E-state index contributed by atoms with van der Waals surface area (Å²) in [4.78, 5) is 30.9. The van der Waals surface area contributed by atoms with Crippen molar-refractivity contribution < 1.29 is 14.3 Å². The van der Waals surface area contributed by atoms with Gasteiger partial charge in [0, 0.05) is 49.0 Å². The van der Waals surface area contributed by atoms with Crippen LogP contribution in [0.2, 0.25) is 0 Å². The fraction of sp³-hybridized carbons (Fsp3) is 0.438. The minimum absolute atomic E-state index is 0.00791. The molecule has 0 unspecified atom stereocenters. The summed E-state index contributed by atoms with van der Waals surface area (Å²) in [5, 5.41) is 0. The van der Waals surface area contributed by atoms with E-state index in [4.69, 9.17) is 4.74 Å². The SMILES string of the molecule is COCCN(CC(=O)N(Cc1cccn1Cc1ccc(Br)cc1)C1CCCCC1)C(=O)CCc1ccccc1. The minimum Gasteiger partial charge on any atom is -0.383 e. The summed E-state index contributed by atoms with van der Waals surface area (Å²) in [5.41, 5.74) is 3.44. The third kappa shape index (κ3) is 8.80. The van der Waals surface area contributed by atoms with Gasteiger partial charge in [-0.3, -0.25) is 9.59 Å². The van der Waals surface area contributed by atoms with Crippen LogP contribution >= 0.6 is 15.9 Å². The summed E-state index contributed by atoms with van der Waals surface area (Å²) in [6, 6.07) is 22.7. The van der Waals surface area contributed by atoms with Gasteiger partial charge in [0.05, 0.1) is 19.7 Å². The van der Waals surface area contributed by atoms with Crippen LogP contribution in [0.4, 0.5) is 0 Å². The van der Waals surface area contributed by atoms with Crippen molar-refractivity contribution in [1.29, 1.82) is 0 Å². The number of aromatic nitrogens is 1. The van der Waals surface area contributed by atoms with E-state index in [-0.39, 0.29) is 24.4 Å². The van der Waals surface area contributed by atoms with Gasteiger partial charge in [0.1, 0.15) is 0 Å². The van der Waals surface area contributed by atoms with E-state index in [1.54, 1.807) is 12.0 Å². The van der Waals surface area contributed by atoms with Gasteiger partial charge in [-0.15, -0.1) is 0 Å². The average Bonchev–Trinajstić information content (AvgIpc) is 3.41. The van der Waals surface area contributed by atoms with Gasteiger partial charge in [-0.05, 0) is 54.7 Å². The largest absolute Gasteiger partial charge is 0.383 e. The topological polar surface area (TPSA) is 54.8 Å². The van der Waals surface area contributed by atoms with Crippen molar-refractivity contribution in [1.82, 2.24) is 14.4 Å². The maximum absolute atomic E-state index is 13.9. The first-order chi connectivity index (χ1) is 19.0. The van der Waals surface area contributed by atoms with Crippen molar-refractivity contribution in [2.75, 3.05) is 26.8 Å². The van der Waals surface area contributed by atoms with Crippen molar-refractivity contribution in [2.45, 2.75) is 64.1 Å². The average molecular weight is 595 g/mol. The van der Waals surface area contributed by atoms with Crippen molar-refractivity contribution >= 4 is 27.7 Å². The van der Waals surface area contributed by atoms with Crippen molar-refractivity contribution in [2.24, 2.45) is 0 Å². The first-order valence-corrected chi connectivity index (χ1v) is 14.8. The molecule has 0 bridgehead atoms. The lowest BCUT2D eigenvalue weighted by atomic mass is 9.94. The molecule has 1 aliphatic rings. The lowest BCUT2D eigenvalue weighted by Crippen LogP contribution is -2.48. The van der Waals surface area contributed by atoms with Gasteiger partial charge in [-0.2, -0.15) is 0 Å². The molecule has 0 aliphatic heterocycles. The second kappa shape index (κ2) is 15.0. The second-order valence-corrected chi connectivity index (χ2v) is 11.3. The molecule has 1 fully saturated rings. The highest BCUT2D eigenvalue weighted by atomic mass is 79.9. The van der Waals surface area contributed by atoms with E-state index in [1.807, 2.05) is 35.2 Å². The predicted molar refractivity (Wildman–Crippen MR) is 158 cm³/mol. The number of hydrogen-bond donors (Lipinski definition) is 0. The number of nitrogens with zero attached hydrogens (tertiary/aromatic N) is 3. The van der Waals surface area contributed by atoms with Gasteiger partial charge in [0.25, 0.3) is 0 Å². The molecular weight excluding hydrogens is 554 g/mol. The molecule has 0 N–H and O–H groups in total. The van der Waals surface area contributed by atoms with Gasteiger partial charge in [0.15, 0.2) is 0 Å². The summed E-state index contributed by atoms with van der Waals surface area (Å²) >= 11 is 3.51. The number of hydrogen-bond acceptors (Lipinski definition) is 3. The quantitative estimate of drug-likeness (QED) is 0.242. The molecule has 7 heteroatoms. The fourth-order valence-electron chi connectivity index (χ4n) is 5.32. The number of benzene rings is 2. The summed E-state index contributed by atoms with van der Waals surface area (Å²) in [6.07, 6.45) is 8.64. The zero-order chi connectivity index (χ0) is 27.5. The Morgan fingerprint density at radius 1 is 0.923 bits per heavy atom. The molecule has 208 valence electrons. The van der Waals surface area contributed by atoms with E-state index >= 15 is 0 Å². The summed E-state index contributed by atoms with van der Waals surface area (Å²) in [6.45, 7) is 2.20. The van der Waals surface area contributed by atoms with E-state index < -0.39 is 0 Å². The molecule has 6 nitrogen and oxygen atoms in total. The summed E-state index contributed by atoms with van der Waals surface area (Å²) in [7, 11) is 1.63. The van der Waals surface area contributed by atoms with Gasteiger partial charge < -0.3 is 19.1 Å². The van der Waals surface area contributed by atoms with E-state index in [2.05, 4.69) is 63.1 Å². The van der Waals surface area contributed by atoms with Crippen LogP contribution in [-0.4, -0.2) is 59.0 Å². The van der Waals surface area contributed by atoms with Crippen LogP contribution in [0.25, 0.3) is 0 Å². The van der Waals surface area contributed by atoms with Crippen molar-refractivity contribution in [3.63, 3.8) is 0 Å². The zero-order valence-electron chi connectivity index (χ0n) is 22.9. The third-order valence-electron chi connectivity index (χ3n) is 7.57. The molecule has 39 heavy (non-hydrogen) atoms. The molecule has 1 aromatic heterocycles. The van der Waals surface area contributed by atoms with Gasteiger partial charge in [0.2, 0.25) is 11.8 Å². The molecule has 2 amide bonds. The number of carbonyl (C=O) groups excluding carboxylic acids is 2. The zero-order valence-corrected chi connectivity index (χ0v) is 24.5. The van der Waals surface area contributed by atoms with Gasteiger partial charge >= 0.3 is 0 Å². The standard InChI is InChI=1S/C32H40BrN3O3/c1-39-22-21-35(31(37)19-16-26-9-4-2-5-10-26)25-32(38)36(29-11-6-3-7-12-29)24-30-13-8-20-34(30)23-27-14-17-28(33)18-15-27/h2,4-5,8-10,13-15,17-18,20,29H,3,6-7,11-12,16,19,21-25H2,1H3. The fourth-order valence-corrected chi connectivity index (χ4v) is 5.59. The monoisotopic (exact) mass is 593 g/mol. The number of rotatable bonds is 13. The number of aryl methyl sites for hydroxylation is 1. The first kappa shape index (κ1) is 29.1. The van der Waals surface area contributed by atoms with E-state index in [0.29, 0.717) is 32.5 Å². The molecule has 2 aromatic carbocycles. The van der Waals surface area contributed by atoms with Crippen LogP contribution in [0, 0.1) is 0 Å². The highest BCUT2D eigenvalue weighted by Gasteiger charge is 2.28. The lowest BCUT2D eigenvalue weighted by Gasteiger charge is -2.36. The highest BCUT2D eigenvalue weighted by molar-refractivity contribution is 9.10. The summed E-state index contributed by atoms with van der Waals surface area (Å²) < 4.78 is 8.57. The Bertz CT molecular complexity index is 1170. The molecule has 1 saturated carbocycles. The molecule has 1 heterocycles. The van der Waals surface area contributed by atoms with Crippen LogP contribution in [0.3, 0.4) is 0 Å². The van der Waals surface area contributed by atoms with Crippen molar-refractivity contribution in [3.8, 4) is 0 Å². The Morgan fingerprint density at radius 2 is 1.67 bits per heavy atom. The lowest BCUT2D eigenvalue weighted by molar-refractivity contribution is -0.143. The first-order valence-electron chi connectivity index (χ1n) is 14.0. The van der Waals surface area contributed by atoms with Crippen LogP contribution in [0.5, 0.6) is 0 Å². The summed E-state index contributed by atoms with van der Waals surface area (Å²) in [5.74, 6) is 0.00826. The maximum Gasteiger partial charge on any atom is 0.242 e. The number of ether oxygens (including phenoxy) is 1. The van der Waals surface area contributed by atoms with Gasteiger partial charge in [-0.1, -0.05) is 77.7 Å². The number of carbonyl (C=O) groups is 2. The molecule has 0 spiro atoms. The number of methoxy groups -OCH3 is 1. The molecule has 4 rings (SSSR count). The third-order valence-corrected chi connectivity index (χ3v) is 8.10. The Labute approximate surface area is 241 Å². The molecule has 0 radical (unpaired) electrons. The van der Waals surface area contributed by atoms with E-state index in [0.717, 1.165) is 48.0 Å². The number of amides is 2. The van der Waals surface area contributed by atoms with E-state index in [9.17, 15) is 9.59 Å². The predicted octanol–water partition coefficient (Wildman–Crippen LogP) is 6.07. The Kier molecular flexibility index (Phi) is 11.2. The van der Waals surface area contributed by atoms with Gasteiger partial charge in [-0.25, -0.2) is 0 Å². The van der Waals surface area contributed by atoms with Crippen LogP contribution < -0.4 is 0 Å². The normalized spacial score (nSPS) is 13.8. The minimum atomic E-state index is -0.00791. The Balaban J connectivity index is 1.47. The smallest absolute Gasteiger partial charge is 0.242 e. The van der Waals surface area contributed by atoms with Crippen molar-refractivity contribution in [3.05, 3.63) is 94.2 Å². The molecule has 0 atom stereocenters. The number of halogens is 1. The molecule has 3 aromatic rings. The highest BCUT2D eigenvalue weighted by Crippen LogP contribution is 2.25. The van der Waals surface area contributed by atoms with Crippen LogP contribution in [0.15, 0.2) is 77.4 Å². The van der Waals surface area contributed by atoms with Crippen LogP contribution in [-0.2, 0) is 33.8 Å². The second-order valence-electron chi connectivity index (χ2n) is 10.4. The maximum atomic E-state index is 13.9. The molecule has 0 saturated heterocycles. The Hall–Kier alpha value is -2.90. The molecule has 1 aliphatic carbocycles.